The number of aromatic nitrogens is 4. The minimum Gasteiger partial charge on any atom is -0.368 e. The Morgan fingerprint density at radius 2 is 1.84 bits per heavy atom. The Bertz CT molecular complexity index is 533. The highest BCUT2D eigenvalue weighted by Crippen LogP contribution is 2.21. The summed E-state index contributed by atoms with van der Waals surface area (Å²) in [5, 5.41) is 3.16. The maximum atomic E-state index is 5.79. The van der Waals surface area contributed by atoms with Crippen LogP contribution >= 0.6 is 22.9 Å². The van der Waals surface area contributed by atoms with Gasteiger partial charge < -0.3 is 15.5 Å². The summed E-state index contributed by atoms with van der Waals surface area (Å²) in [6.07, 6.45) is 1.82. The van der Waals surface area contributed by atoms with Crippen molar-refractivity contribution in [2.24, 2.45) is 0 Å². The average molecular weight is 298 g/mol. The normalized spacial score (nSPS) is 15.8. The van der Waals surface area contributed by atoms with Crippen LogP contribution in [0.5, 0.6) is 0 Å². The van der Waals surface area contributed by atoms with Crippen molar-refractivity contribution >= 4 is 40.0 Å². The quantitative estimate of drug-likeness (QED) is 0.881. The summed E-state index contributed by atoms with van der Waals surface area (Å²) >= 11 is 7.44. The van der Waals surface area contributed by atoms with Gasteiger partial charge in [0.05, 0.1) is 0 Å². The van der Waals surface area contributed by atoms with Gasteiger partial charge in [-0.3, -0.25) is 0 Å². The predicted octanol–water partition coefficient (Wildman–Crippen LogP) is 0.890. The van der Waals surface area contributed by atoms with E-state index in [4.69, 9.17) is 17.3 Å². The molecule has 2 aromatic rings. The first-order valence-corrected chi connectivity index (χ1v) is 7.04. The SMILES string of the molecule is Nc1nc(Cl)nc(N2CCN(c3nccs3)CC2)n1. The second-order valence-corrected chi connectivity index (χ2v) is 5.26. The van der Waals surface area contributed by atoms with Gasteiger partial charge >= 0.3 is 0 Å². The van der Waals surface area contributed by atoms with Crippen molar-refractivity contribution in [3.8, 4) is 0 Å². The molecule has 1 saturated heterocycles. The highest BCUT2D eigenvalue weighted by atomic mass is 35.5. The first kappa shape index (κ1) is 12.4. The van der Waals surface area contributed by atoms with Crippen LogP contribution in [0.15, 0.2) is 11.6 Å². The molecular weight excluding hydrogens is 286 g/mol. The van der Waals surface area contributed by atoms with Crippen LogP contribution in [-0.4, -0.2) is 46.1 Å². The van der Waals surface area contributed by atoms with Gasteiger partial charge in [0.25, 0.3) is 0 Å². The Morgan fingerprint density at radius 3 is 2.47 bits per heavy atom. The predicted molar refractivity (Wildman–Crippen MR) is 75.8 cm³/mol. The Balaban J connectivity index is 1.70. The number of anilines is 3. The van der Waals surface area contributed by atoms with E-state index in [0.717, 1.165) is 31.3 Å². The standard InChI is InChI=1S/C10H12ClN7S/c11-7-14-8(12)16-9(15-7)17-2-4-18(5-3-17)10-13-1-6-19-10/h1,6H,2-5H2,(H2,12,14,15,16). The molecule has 0 aromatic carbocycles. The molecule has 19 heavy (non-hydrogen) atoms. The van der Waals surface area contributed by atoms with Crippen molar-refractivity contribution in [1.29, 1.82) is 0 Å². The van der Waals surface area contributed by atoms with E-state index in [9.17, 15) is 0 Å². The molecule has 2 N–H and O–H groups in total. The lowest BCUT2D eigenvalue weighted by Crippen LogP contribution is -2.47. The van der Waals surface area contributed by atoms with E-state index >= 15 is 0 Å². The summed E-state index contributed by atoms with van der Waals surface area (Å²) in [7, 11) is 0. The molecule has 3 heterocycles. The van der Waals surface area contributed by atoms with Crippen molar-refractivity contribution in [3.63, 3.8) is 0 Å². The summed E-state index contributed by atoms with van der Waals surface area (Å²) in [6, 6.07) is 0. The van der Waals surface area contributed by atoms with Crippen LogP contribution in [0.4, 0.5) is 17.0 Å². The maximum Gasteiger partial charge on any atom is 0.231 e. The molecule has 0 saturated carbocycles. The zero-order chi connectivity index (χ0) is 13.2. The van der Waals surface area contributed by atoms with E-state index in [1.54, 1.807) is 11.3 Å². The number of rotatable bonds is 2. The van der Waals surface area contributed by atoms with Crippen molar-refractivity contribution in [2.75, 3.05) is 41.7 Å². The summed E-state index contributed by atoms with van der Waals surface area (Å²) in [6.45, 7) is 3.35. The van der Waals surface area contributed by atoms with Crippen LogP contribution in [0.3, 0.4) is 0 Å². The maximum absolute atomic E-state index is 5.79. The number of hydrogen-bond acceptors (Lipinski definition) is 8. The highest BCUT2D eigenvalue weighted by molar-refractivity contribution is 7.13. The number of nitrogens with zero attached hydrogens (tertiary/aromatic N) is 6. The third-order valence-corrected chi connectivity index (χ3v) is 3.87. The molecule has 100 valence electrons. The molecule has 0 unspecified atom stereocenters. The number of thiazole rings is 1. The van der Waals surface area contributed by atoms with Gasteiger partial charge in [0, 0.05) is 37.8 Å². The zero-order valence-corrected chi connectivity index (χ0v) is 11.6. The Hall–Kier alpha value is -1.67. The van der Waals surface area contributed by atoms with Crippen LogP contribution in [0, 0.1) is 0 Å². The van der Waals surface area contributed by atoms with Gasteiger partial charge in [-0.1, -0.05) is 0 Å². The van der Waals surface area contributed by atoms with Gasteiger partial charge in [-0.15, -0.1) is 11.3 Å². The zero-order valence-electron chi connectivity index (χ0n) is 10.0. The van der Waals surface area contributed by atoms with Crippen LogP contribution in [0.1, 0.15) is 0 Å². The lowest BCUT2D eigenvalue weighted by atomic mass is 10.3. The molecule has 3 rings (SSSR count). The molecule has 2 aromatic heterocycles. The lowest BCUT2D eigenvalue weighted by molar-refractivity contribution is 0.638. The molecule has 0 atom stereocenters. The third kappa shape index (κ3) is 2.69. The summed E-state index contributed by atoms with van der Waals surface area (Å²) in [5.74, 6) is 0.689. The van der Waals surface area contributed by atoms with Gasteiger partial charge in [-0.2, -0.15) is 15.0 Å². The molecule has 1 aliphatic rings. The van der Waals surface area contributed by atoms with E-state index in [0.29, 0.717) is 5.95 Å². The van der Waals surface area contributed by atoms with Crippen LogP contribution in [0.2, 0.25) is 5.28 Å². The number of nitrogens with two attached hydrogens (primary N) is 1. The highest BCUT2D eigenvalue weighted by Gasteiger charge is 2.21. The van der Waals surface area contributed by atoms with E-state index in [-0.39, 0.29) is 11.2 Å². The van der Waals surface area contributed by atoms with Gasteiger partial charge in [0.15, 0.2) is 5.13 Å². The van der Waals surface area contributed by atoms with Crippen LogP contribution < -0.4 is 15.5 Å². The van der Waals surface area contributed by atoms with Crippen molar-refractivity contribution in [2.45, 2.75) is 0 Å². The second kappa shape index (κ2) is 5.14. The van der Waals surface area contributed by atoms with Crippen molar-refractivity contribution in [3.05, 3.63) is 16.9 Å². The van der Waals surface area contributed by atoms with Crippen molar-refractivity contribution in [1.82, 2.24) is 19.9 Å². The van der Waals surface area contributed by atoms with E-state index in [2.05, 4.69) is 24.8 Å². The molecule has 7 nitrogen and oxygen atoms in total. The Labute approximate surface area is 119 Å². The fourth-order valence-electron chi connectivity index (χ4n) is 1.97. The Kier molecular flexibility index (Phi) is 3.34. The fourth-order valence-corrected chi connectivity index (χ4v) is 2.82. The third-order valence-electron chi connectivity index (χ3n) is 2.87. The molecule has 0 spiro atoms. The number of hydrogen-bond donors (Lipinski definition) is 1. The largest absolute Gasteiger partial charge is 0.368 e. The number of halogens is 1. The summed E-state index contributed by atoms with van der Waals surface area (Å²) in [4.78, 5) is 20.6. The first-order valence-electron chi connectivity index (χ1n) is 5.79. The molecule has 0 bridgehead atoms. The van der Waals surface area contributed by atoms with Crippen LogP contribution in [-0.2, 0) is 0 Å². The minimum absolute atomic E-state index is 0.129. The van der Waals surface area contributed by atoms with E-state index in [1.807, 2.05) is 16.5 Å². The minimum atomic E-state index is 0.129. The number of nitrogen functional groups attached to an aromatic ring is 1. The van der Waals surface area contributed by atoms with Crippen molar-refractivity contribution < 1.29 is 0 Å². The van der Waals surface area contributed by atoms with Gasteiger partial charge in [-0.25, -0.2) is 4.98 Å². The monoisotopic (exact) mass is 297 g/mol. The van der Waals surface area contributed by atoms with Gasteiger partial charge in [0.2, 0.25) is 17.2 Å². The van der Waals surface area contributed by atoms with E-state index < -0.39 is 0 Å². The second-order valence-electron chi connectivity index (χ2n) is 4.05. The first-order chi connectivity index (χ1) is 9.22. The molecule has 1 aliphatic heterocycles. The average Bonchev–Trinajstić information content (AvgIpc) is 2.91. The van der Waals surface area contributed by atoms with Gasteiger partial charge in [-0.05, 0) is 11.6 Å². The summed E-state index contributed by atoms with van der Waals surface area (Å²) < 4.78 is 0. The topological polar surface area (TPSA) is 84.1 Å². The molecule has 0 radical (unpaired) electrons. The molecule has 0 aliphatic carbocycles. The van der Waals surface area contributed by atoms with Crippen LogP contribution in [0.25, 0.3) is 0 Å². The number of piperazine rings is 1. The van der Waals surface area contributed by atoms with Gasteiger partial charge in [0.1, 0.15) is 0 Å². The van der Waals surface area contributed by atoms with E-state index in [1.165, 1.54) is 0 Å². The molecule has 0 amide bonds. The molecule has 9 heteroatoms. The summed E-state index contributed by atoms with van der Waals surface area (Å²) in [5.41, 5.74) is 5.58. The molecule has 1 fully saturated rings. The lowest BCUT2D eigenvalue weighted by Gasteiger charge is -2.34. The fraction of sp³-hybridized carbons (Fsp3) is 0.400. The Morgan fingerprint density at radius 1 is 1.11 bits per heavy atom. The smallest absolute Gasteiger partial charge is 0.231 e. The molecular formula is C10H12ClN7S.